The van der Waals surface area contributed by atoms with E-state index < -0.39 is 0 Å². The van der Waals surface area contributed by atoms with Crippen LogP contribution in [-0.2, 0) is 5.41 Å². The van der Waals surface area contributed by atoms with E-state index in [1.165, 1.54) is 63.6 Å². The number of hydrogen-bond donors (Lipinski definition) is 0. The number of fused-ring (bicyclic) bond motifs is 8. The minimum Gasteiger partial charge on any atom is -0.309 e. The summed E-state index contributed by atoms with van der Waals surface area (Å²) in [6.45, 7) is 4.76. The van der Waals surface area contributed by atoms with Crippen LogP contribution in [0.4, 0.5) is 0 Å². The number of benzene rings is 7. The Morgan fingerprint density at radius 1 is 0.426 bits per heavy atom. The summed E-state index contributed by atoms with van der Waals surface area (Å²) in [6, 6.07) is 56.3. The first kappa shape index (κ1) is 31.6. The second-order valence-electron chi connectivity index (χ2n) is 14.5. The third-order valence-corrected chi connectivity index (χ3v) is 13.4. The van der Waals surface area contributed by atoms with Gasteiger partial charge in [-0.05, 0) is 76.9 Å². The van der Waals surface area contributed by atoms with Crippen LogP contribution in [0.15, 0.2) is 177 Å². The maximum absolute atomic E-state index is 5.05. The van der Waals surface area contributed by atoms with Crippen molar-refractivity contribution in [1.29, 1.82) is 0 Å². The van der Waals surface area contributed by atoms with Crippen molar-refractivity contribution in [2.24, 2.45) is 0 Å². The molecule has 6 heteroatoms. The molecule has 7 aromatic carbocycles. The normalized spacial score (nSPS) is 13.7. The Labute approximate surface area is 322 Å². The fourth-order valence-electron chi connectivity index (χ4n) is 8.22. The summed E-state index contributed by atoms with van der Waals surface area (Å²) in [6.07, 6.45) is 0. The van der Waals surface area contributed by atoms with Crippen molar-refractivity contribution < 1.29 is 0 Å². The average molecular weight is 729 g/mol. The summed E-state index contributed by atoms with van der Waals surface area (Å²) in [5.41, 5.74) is 11.6. The van der Waals surface area contributed by atoms with Gasteiger partial charge in [0.05, 0.1) is 11.0 Å². The van der Waals surface area contributed by atoms with E-state index in [1.807, 2.05) is 84.2 Å². The first-order valence-electron chi connectivity index (χ1n) is 18.2. The molecule has 0 atom stereocenters. The molecule has 0 fully saturated rings. The molecule has 4 nitrogen and oxygen atoms in total. The third-order valence-electron chi connectivity index (χ3n) is 10.9. The van der Waals surface area contributed by atoms with E-state index in [2.05, 4.69) is 115 Å². The van der Waals surface area contributed by atoms with E-state index in [4.69, 9.17) is 15.0 Å². The second kappa shape index (κ2) is 12.0. The highest BCUT2D eigenvalue weighted by atomic mass is 32.2. The molecule has 0 unspecified atom stereocenters. The highest BCUT2D eigenvalue weighted by Crippen LogP contribution is 2.56. The molecule has 0 radical (unpaired) electrons. The highest BCUT2D eigenvalue weighted by Gasteiger charge is 2.38. The van der Waals surface area contributed by atoms with Crippen molar-refractivity contribution in [3.63, 3.8) is 0 Å². The monoisotopic (exact) mass is 728 g/mol. The van der Waals surface area contributed by atoms with Gasteiger partial charge < -0.3 is 4.57 Å². The fourth-order valence-corrected chi connectivity index (χ4v) is 10.5. The molecule has 9 aromatic rings. The molecule has 0 saturated carbocycles. The summed E-state index contributed by atoms with van der Waals surface area (Å²) in [7, 11) is 0. The molecule has 0 spiro atoms. The average Bonchev–Trinajstić information content (AvgIpc) is 3.66. The summed E-state index contributed by atoms with van der Waals surface area (Å²) in [4.78, 5) is 20.4. The van der Waals surface area contributed by atoms with Gasteiger partial charge in [-0.3, -0.25) is 0 Å². The maximum atomic E-state index is 5.05. The van der Waals surface area contributed by atoms with Crippen LogP contribution in [0.25, 0.3) is 72.8 Å². The number of nitrogens with zero attached hydrogens (tertiary/aromatic N) is 4. The second-order valence-corrected chi connectivity index (χ2v) is 16.6. The van der Waals surface area contributed by atoms with Gasteiger partial charge in [0.25, 0.3) is 0 Å². The molecule has 3 heterocycles. The topological polar surface area (TPSA) is 43.6 Å². The van der Waals surface area contributed by atoms with Crippen LogP contribution in [0, 0.1) is 0 Å². The van der Waals surface area contributed by atoms with Gasteiger partial charge >= 0.3 is 0 Å². The van der Waals surface area contributed by atoms with Crippen molar-refractivity contribution >= 4 is 45.3 Å². The summed E-state index contributed by atoms with van der Waals surface area (Å²) < 4.78 is 2.41. The van der Waals surface area contributed by atoms with Crippen molar-refractivity contribution in [3.8, 4) is 51.0 Å². The van der Waals surface area contributed by atoms with Gasteiger partial charge in [-0.15, -0.1) is 0 Å². The maximum Gasteiger partial charge on any atom is 0.164 e. The van der Waals surface area contributed by atoms with Gasteiger partial charge in [-0.25, -0.2) is 15.0 Å². The molecule has 0 amide bonds. The molecule has 54 heavy (non-hydrogen) atoms. The Bertz CT molecular complexity index is 2910. The third kappa shape index (κ3) is 4.90. The van der Waals surface area contributed by atoms with E-state index in [1.54, 1.807) is 0 Å². The van der Waals surface area contributed by atoms with Crippen LogP contribution < -0.4 is 0 Å². The zero-order valence-corrected chi connectivity index (χ0v) is 31.2. The van der Waals surface area contributed by atoms with Gasteiger partial charge in [0.2, 0.25) is 0 Å². The summed E-state index contributed by atoms with van der Waals surface area (Å²) >= 11 is 3.78. The van der Waals surface area contributed by atoms with Crippen LogP contribution in [-0.4, -0.2) is 19.5 Å². The zero-order valence-electron chi connectivity index (χ0n) is 29.6. The van der Waals surface area contributed by atoms with E-state index >= 15 is 0 Å². The molecular formula is C48H32N4S2. The summed E-state index contributed by atoms with van der Waals surface area (Å²) in [5.74, 6) is 1.95. The lowest BCUT2D eigenvalue weighted by molar-refractivity contribution is 0.658. The number of para-hydroxylation sites is 1. The number of hydrogen-bond acceptors (Lipinski definition) is 5. The molecule has 0 N–H and O–H groups in total. The molecule has 1 aliphatic heterocycles. The zero-order chi connectivity index (χ0) is 36.0. The van der Waals surface area contributed by atoms with Crippen LogP contribution in [0.3, 0.4) is 0 Å². The molecule has 256 valence electrons. The lowest BCUT2D eigenvalue weighted by Crippen LogP contribution is -2.15. The van der Waals surface area contributed by atoms with Crippen molar-refractivity contribution in [2.75, 3.05) is 0 Å². The highest BCUT2D eigenvalue weighted by molar-refractivity contribution is 8.05. The minimum atomic E-state index is -0.161. The predicted molar refractivity (Wildman–Crippen MR) is 223 cm³/mol. The van der Waals surface area contributed by atoms with E-state index in [0.717, 1.165) is 22.4 Å². The first-order chi connectivity index (χ1) is 26.5. The minimum absolute atomic E-state index is 0.161. The molecule has 11 rings (SSSR count). The van der Waals surface area contributed by atoms with E-state index in [0.29, 0.717) is 17.5 Å². The van der Waals surface area contributed by atoms with Crippen LogP contribution in [0.5, 0.6) is 0 Å². The predicted octanol–water partition coefficient (Wildman–Crippen LogP) is 12.9. The largest absolute Gasteiger partial charge is 0.309 e. The Balaban J connectivity index is 1.08. The van der Waals surface area contributed by atoms with Gasteiger partial charge in [0.1, 0.15) is 0 Å². The van der Waals surface area contributed by atoms with Crippen LogP contribution >= 0.6 is 23.5 Å². The quantitative estimate of drug-likeness (QED) is 0.180. The van der Waals surface area contributed by atoms with Crippen LogP contribution in [0.1, 0.15) is 25.0 Å². The van der Waals surface area contributed by atoms with Crippen molar-refractivity contribution in [3.05, 3.63) is 169 Å². The molecule has 1 aliphatic carbocycles. The molecule has 2 aromatic heterocycles. The Kier molecular flexibility index (Phi) is 7.04. The van der Waals surface area contributed by atoms with Gasteiger partial charge in [0.15, 0.2) is 17.5 Å². The molecule has 0 saturated heterocycles. The van der Waals surface area contributed by atoms with Crippen molar-refractivity contribution in [1.82, 2.24) is 19.5 Å². The molecular weight excluding hydrogens is 697 g/mol. The summed E-state index contributed by atoms with van der Waals surface area (Å²) in [5, 5.41) is 2.49. The number of rotatable bonds is 4. The van der Waals surface area contributed by atoms with Gasteiger partial charge in [-0.2, -0.15) is 0 Å². The standard InChI is InChI=1S/C48H32N4S2/c1-48(2)37-27-40-36(25-34(37)35-26-43-44(28-38(35)48)54-42-23-12-11-22-41(42)53-43)33-20-9-10-21-39(33)52(40)32-19-13-18-31(24-32)47-50-45(29-14-5-3-6-15-29)49-46(51-47)30-16-7-4-8-17-30/h3-28H,1-2H3. The van der Waals surface area contributed by atoms with Crippen molar-refractivity contribution in [2.45, 2.75) is 38.8 Å². The Hall–Kier alpha value is -5.95. The van der Waals surface area contributed by atoms with E-state index in [-0.39, 0.29) is 5.41 Å². The number of aromatic nitrogens is 4. The Morgan fingerprint density at radius 3 is 1.65 bits per heavy atom. The lowest BCUT2D eigenvalue weighted by Gasteiger charge is -2.24. The van der Waals surface area contributed by atoms with Crippen LogP contribution in [0.2, 0.25) is 0 Å². The Morgan fingerprint density at radius 2 is 0.963 bits per heavy atom. The van der Waals surface area contributed by atoms with Gasteiger partial charge in [0, 0.05) is 58.1 Å². The molecule has 0 bridgehead atoms. The van der Waals surface area contributed by atoms with E-state index in [9.17, 15) is 0 Å². The molecule has 2 aliphatic rings. The smallest absolute Gasteiger partial charge is 0.164 e. The van der Waals surface area contributed by atoms with Gasteiger partial charge in [-0.1, -0.05) is 140 Å². The first-order valence-corrected chi connectivity index (χ1v) is 19.8. The SMILES string of the molecule is CC1(C)c2cc3c(cc2-c2cc4c5ccccc5n(-c5cccc(-c6nc(-c7ccccc7)nc(-c7ccccc7)n6)c5)c4cc21)Sc1ccccc1S3. The fraction of sp³-hybridized carbons (Fsp3) is 0.0625. The lowest BCUT2D eigenvalue weighted by atomic mass is 9.82.